The van der Waals surface area contributed by atoms with Crippen LogP contribution in [0.3, 0.4) is 0 Å². The van der Waals surface area contributed by atoms with Crippen LogP contribution in [0.25, 0.3) is 11.4 Å². The first kappa shape index (κ1) is 12.2. The highest BCUT2D eigenvalue weighted by Crippen LogP contribution is 2.30. The van der Waals surface area contributed by atoms with Gasteiger partial charge in [-0.25, -0.2) is 0 Å². The Morgan fingerprint density at radius 1 is 1.47 bits per heavy atom. The molecule has 0 radical (unpaired) electrons. The van der Waals surface area contributed by atoms with Crippen molar-refractivity contribution in [3.8, 4) is 17.1 Å². The number of nitrogens with zero attached hydrogens (tertiary/aromatic N) is 2. The molecule has 1 aromatic carbocycles. The average Bonchev–Trinajstić information content (AvgIpc) is 3.07. The number of hydrogen-bond donors (Lipinski definition) is 0. The van der Waals surface area contributed by atoms with Gasteiger partial charge in [0, 0.05) is 11.3 Å². The molecule has 1 fully saturated rings. The molecular formula is C13H12N2O3S. The van der Waals surface area contributed by atoms with Gasteiger partial charge in [-0.15, -0.1) is 0 Å². The first-order valence-corrected chi connectivity index (χ1v) is 7.02. The standard InChI is InChI=1S/C13H12N2O3S/c1-17-9-4-2-3-8(5-9)12-14-13(18-15-12)10-6-19-7-11(10)16/h2-5,10H,6-7H2,1H3. The van der Waals surface area contributed by atoms with Crippen LogP contribution in [-0.4, -0.2) is 34.5 Å². The molecule has 3 rings (SSSR count). The van der Waals surface area contributed by atoms with Crippen molar-refractivity contribution in [3.05, 3.63) is 30.2 Å². The number of Topliss-reactive ketones (excluding diaryl/α,β-unsaturated/α-hetero) is 1. The first-order valence-electron chi connectivity index (χ1n) is 5.86. The zero-order valence-electron chi connectivity index (χ0n) is 10.3. The fourth-order valence-electron chi connectivity index (χ4n) is 1.94. The van der Waals surface area contributed by atoms with Crippen molar-refractivity contribution in [1.82, 2.24) is 10.1 Å². The third kappa shape index (κ3) is 2.35. The van der Waals surface area contributed by atoms with Crippen LogP contribution in [0.5, 0.6) is 5.75 Å². The second kappa shape index (κ2) is 5.05. The van der Waals surface area contributed by atoms with Crippen molar-refractivity contribution >= 4 is 17.5 Å². The number of rotatable bonds is 3. The highest BCUT2D eigenvalue weighted by molar-refractivity contribution is 8.00. The van der Waals surface area contributed by atoms with Crippen molar-refractivity contribution < 1.29 is 14.1 Å². The highest BCUT2D eigenvalue weighted by Gasteiger charge is 2.31. The Morgan fingerprint density at radius 3 is 3.11 bits per heavy atom. The van der Waals surface area contributed by atoms with Gasteiger partial charge in [0.2, 0.25) is 11.7 Å². The van der Waals surface area contributed by atoms with Gasteiger partial charge in [0.05, 0.1) is 12.9 Å². The van der Waals surface area contributed by atoms with Crippen LogP contribution >= 0.6 is 11.8 Å². The van der Waals surface area contributed by atoms with Gasteiger partial charge in [-0.2, -0.15) is 16.7 Å². The predicted molar refractivity (Wildman–Crippen MR) is 71.4 cm³/mol. The molecule has 0 saturated carbocycles. The third-order valence-corrected chi connectivity index (χ3v) is 4.04. The molecule has 2 aromatic rings. The topological polar surface area (TPSA) is 65.2 Å². The van der Waals surface area contributed by atoms with Crippen LogP contribution in [-0.2, 0) is 4.79 Å². The Balaban J connectivity index is 1.90. The molecule has 0 bridgehead atoms. The van der Waals surface area contributed by atoms with E-state index in [1.807, 2.05) is 24.3 Å². The van der Waals surface area contributed by atoms with Crippen LogP contribution in [0.15, 0.2) is 28.8 Å². The second-order valence-corrected chi connectivity index (χ2v) is 5.25. The van der Waals surface area contributed by atoms with Crippen molar-refractivity contribution in [1.29, 1.82) is 0 Å². The molecule has 0 amide bonds. The summed E-state index contributed by atoms with van der Waals surface area (Å²) in [5, 5.41) is 3.94. The van der Waals surface area contributed by atoms with Crippen molar-refractivity contribution in [2.45, 2.75) is 5.92 Å². The lowest BCUT2D eigenvalue weighted by atomic mass is 10.1. The molecule has 2 heterocycles. The summed E-state index contributed by atoms with van der Waals surface area (Å²) in [6, 6.07) is 7.42. The van der Waals surface area contributed by atoms with E-state index < -0.39 is 0 Å². The van der Waals surface area contributed by atoms with Crippen LogP contribution < -0.4 is 4.74 Å². The lowest BCUT2D eigenvalue weighted by molar-refractivity contribution is -0.117. The SMILES string of the molecule is COc1cccc(-c2noc(C3CSCC3=O)n2)c1. The fourth-order valence-corrected chi connectivity index (χ4v) is 3.02. The number of methoxy groups -OCH3 is 1. The number of hydrogen-bond acceptors (Lipinski definition) is 6. The summed E-state index contributed by atoms with van der Waals surface area (Å²) in [5.41, 5.74) is 0.812. The van der Waals surface area contributed by atoms with Crippen LogP contribution in [0.2, 0.25) is 0 Å². The summed E-state index contributed by atoms with van der Waals surface area (Å²) in [7, 11) is 1.61. The number of carbonyl (C=O) groups is 1. The third-order valence-electron chi connectivity index (χ3n) is 2.99. The minimum atomic E-state index is -0.253. The van der Waals surface area contributed by atoms with Gasteiger partial charge >= 0.3 is 0 Å². The molecule has 6 heteroatoms. The maximum Gasteiger partial charge on any atom is 0.238 e. The van der Waals surface area contributed by atoms with Crippen LogP contribution in [0.1, 0.15) is 11.8 Å². The number of ketones is 1. The van der Waals surface area contributed by atoms with Gasteiger partial charge in [0.25, 0.3) is 0 Å². The molecule has 5 nitrogen and oxygen atoms in total. The molecule has 1 aliphatic heterocycles. The number of ether oxygens (including phenoxy) is 1. The minimum Gasteiger partial charge on any atom is -0.497 e. The number of thioether (sulfide) groups is 1. The van der Waals surface area contributed by atoms with Gasteiger partial charge < -0.3 is 9.26 Å². The monoisotopic (exact) mass is 276 g/mol. The van der Waals surface area contributed by atoms with E-state index in [4.69, 9.17) is 9.26 Å². The quantitative estimate of drug-likeness (QED) is 0.855. The Hall–Kier alpha value is -1.82. The van der Waals surface area contributed by atoms with E-state index >= 15 is 0 Å². The summed E-state index contributed by atoms with van der Waals surface area (Å²) >= 11 is 1.60. The molecule has 0 N–H and O–H groups in total. The smallest absolute Gasteiger partial charge is 0.238 e. The van der Waals surface area contributed by atoms with E-state index in [2.05, 4.69) is 10.1 Å². The second-order valence-electron chi connectivity index (χ2n) is 4.22. The van der Waals surface area contributed by atoms with Crippen LogP contribution in [0, 0.1) is 0 Å². The maximum atomic E-state index is 11.7. The van der Waals surface area contributed by atoms with Crippen molar-refractivity contribution in [3.63, 3.8) is 0 Å². The van der Waals surface area contributed by atoms with Crippen molar-refractivity contribution in [2.75, 3.05) is 18.6 Å². The molecule has 1 unspecified atom stereocenters. The Morgan fingerprint density at radius 2 is 2.37 bits per heavy atom. The Bertz CT molecular complexity index is 611. The summed E-state index contributed by atoms with van der Waals surface area (Å²) in [6.45, 7) is 0. The summed E-state index contributed by atoms with van der Waals surface area (Å²) in [6.07, 6.45) is 0. The lowest BCUT2D eigenvalue weighted by Crippen LogP contribution is -2.09. The number of benzene rings is 1. The maximum absolute atomic E-state index is 11.7. The molecule has 19 heavy (non-hydrogen) atoms. The molecule has 1 aliphatic rings. The normalized spacial score (nSPS) is 18.8. The Kier molecular flexibility index (Phi) is 3.25. The van der Waals surface area contributed by atoms with Gasteiger partial charge in [-0.1, -0.05) is 17.3 Å². The highest BCUT2D eigenvalue weighted by atomic mass is 32.2. The average molecular weight is 276 g/mol. The van der Waals surface area contributed by atoms with Gasteiger partial charge in [-0.05, 0) is 12.1 Å². The summed E-state index contributed by atoms with van der Waals surface area (Å²) < 4.78 is 10.4. The van der Waals surface area contributed by atoms with Gasteiger partial charge in [0.1, 0.15) is 11.7 Å². The Labute approximate surface area is 114 Å². The van der Waals surface area contributed by atoms with Crippen molar-refractivity contribution in [2.24, 2.45) is 0 Å². The van der Waals surface area contributed by atoms with Gasteiger partial charge in [0.15, 0.2) is 5.78 Å². The van der Waals surface area contributed by atoms with E-state index in [9.17, 15) is 4.79 Å². The lowest BCUT2D eigenvalue weighted by Gasteiger charge is -2.00. The van der Waals surface area contributed by atoms with Crippen LogP contribution in [0.4, 0.5) is 0 Å². The number of carbonyl (C=O) groups excluding carboxylic acids is 1. The molecule has 1 atom stereocenters. The zero-order chi connectivity index (χ0) is 13.2. The molecule has 98 valence electrons. The number of aromatic nitrogens is 2. The largest absolute Gasteiger partial charge is 0.497 e. The van der Waals surface area contributed by atoms with E-state index in [1.165, 1.54) is 0 Å². The van der Waals surface area contributed by atoms with E-state index in [-0.39, 0.29) is 11.7 Å². The van der Waals surface area contributed by atoms with E-state index in [0.717, 1.165) is 17.1 Å². The summed E-state index contributed by atoms with van der Waals surface area (Å²) in [5.74, 6) is 2.78. The minimum absolute atomic E-state index is 0.158. The van der Waals surface area contributed by atoms with E-state index in [1.54, 1.807) is 18.9 Å². The molecule has 1 aromatic heterocycles. The van der Waals surface area contributed by atoms with Gasteiger partial charge in [-0.3, -0.25) is 4.79 Å². The molecule has 0 aliphatic carbocycles. The first-order chi connectivity index (χ1) is 9.28. The fraction of sp³-hybridized carbons (Fsp3) is 0.308. The molecular weight excluding hydrogens is 264 g/mol. The summed E-state index contributed by atoms with van der Waals surface area (Å²) in [4.78, 5) is 16.0. The zero-order valence-corrected chi connectivity index (χ0v) is 11.1. The van der Waals surface area contributed by atoms with E-state index in [0.29, 0.717) is 17.5 Å². The molecule has 0 spiro atoms. The molecule has 1 saturated heterocycles. The predicted octanol–water partition coefficient (Wildman–Crippen LogP) is 2.14.